The molecule has 0 aliphatic carbocycles. The average molecular weight is 466 g/mol. The van der Waals surface area contributed by atoms with Gasteiger partial charge in [-0.3, -0.25) is 4.79 Å². The number of nitrogens with one attached hydrogen (secondary N) is 3. The van der Waals surface area contributed by atoms with E-state index in [4.69, 9.17) is 9.47 Å². The molecule has 0 aliphatic heterocycles. The van der Waals surface area contributed by atoms with Crippen LogP contribution in [0.25, 0.3) is 10.9 Å². The molecule has 7 nitrogen and oxygen atoms in total. The van der Waals surface area contributed by atoms with Gasteiger partial charge in [-0.1, -0.05) is 37.3 Å². The number of hydrogen-bond acceptors (Lipinski definition) is 4. The second-order valence-electron chi connectivity index (χ2n) is 9.35. The second-order valence-corrected chi connectivity index (χ2v) is 9.35. The molecule has 1 atom stereocenters. The zero-order valence-electron chi connectivity index (χ0n) is 20.7. The van der Waals surface area contributed by atoms with Crippen LogP contribution in [0, 0.1) is 0 Å². The summed E-state index contributed by atoms with van der Waals surface area (Å²) >= 11 is 0. The van der Waals surface area contributed by atoms with Crippen molar-refractivity contribution < 1.29 is 19.1 Å². The van der Waals surface area contributed by atoms with Gasteiger partial charge < -0.3 is 25.1 Å². The molecule has 0 radical (unpaired) electrons. The third kappa shape index (κ3) is 6.31. The van der Waals surface area contributed by atoms with E-state index in [-0.39, 0.29) is 5.91 Å². The van der Waals surface area contributed by atoms with Crippen LogP contribution in [0.1, 0.15) is 45.2 Å². The van der Waals surface area contributed by atoms with Gasteiger partial charge in [0.15, 0.2) is 0 Å². The maximum absolute atomic E-state index is 13.4. The number of alkyl carbamates (subject to hydrolysis) is 1. The van der Waals surface area contributed by atoms with E-state index >= 15 is 0 Å². The molecule has 7 heteroatoms. The van der Waals surface area contributed by atoms with Gasteiger partial charge >= 0.3 is 6.09 Å². The molecule has 34 heavy (non-hydrogen) atoms. The van der Waals surface area contributed by atoms with Crippen molar-refractivity contribution in [3.05, 3.63) is 65.9 Å². The summed E-state index contributed by atoms with van der Waals surface area (Å²) in [5.74, 6) is 0.523. The normalized spacial score (nSPS) is 13.2. The Hall–Kier alpha value is -3.48. The summed E-state index contributed by atoms with van der Waals surface area (Å²) in [5, 5.41) is 6.86. The highest BCUT2D eigenvalue weighted by atomic mass is 16.6. The summed E-state index contributed by atoms with van der Waals surface area (Å²) in [6.45, 7) is 7.81. The lowest BCUT2D eigenvalue weighted by Crippen LogP contribution is -2.59. The van der Waals surface area contributed by atoms with Gasteiger partial charge in [0.05, 0.1) is 7.11 Å². The lowest BCUT2D eigenvalue weighted by molar-refractivity contribution is -0.127. The van der Waals surface area contributed by atoms with Crippen LogP contribution in [0.15, 0.2) is 54.7 Å². The monoisotopic (exact) mass is 465 g/mol. The van der Waals surface area contributed by atoms with Crippen molar-refractivity contribution in [1.82, 2.24) is 15.6 Å². The quantitative estimate of drug-likeness (QED) is 0.403. The zero-order chi connectivity index (χ0) is 24.8. The molecular weight excluding hydrogens is 430 g/mol. The van der Waals surface area contributed by atoms with Crippen molar-refractivity contribution >= 4 is 22.9 Å². The average Bonchev–Trinajstić information content (AvgIpc) is 3.21. The molecule has 3 aromatic rings. The summed E-state index contributed by atoms with van der Waals surface area (Å²) in [6, 6.07) is 15.6. The van der Waals surface area contributed by atoms with Gasteiger partial charge in [0, 0.05) is 30.1 Å². The number of carbonyl (C=O) groups is 2. The molecule has 2 amide bonds. The maximum Gasteiger partial charge on any atom is 0.408 e. The standard InChI is InChI=1S/C27H35N3O4/c1-6-26(2,3)34-25(32)30-27(4,17-20-18-29-23-10-8-7-9-22(20)23)24(31)28-16-15-19-11-13-21(33-5)14-12-19/h7-14,18,29H,6,15-17H2,1-5H3,(H,28,31)(H,30,32). The smallest absolute Gasteiger partial charge is 0.408 e. The minimum Gasteiger partial charge on any atom is -0.497 e. The zero-order valence-corrected chi connectivity index (χ0v) is 20.7. The topological polar surface area (TPSA) is 92.5 Å². The number of fused-ring (bicyclic) bond motifs is 1. The van der Waals surface area contributed by atoms with Crippen molar-refractivity contribution in [3.63, 3.8) is 0 Å². The molecule has 1 aromatic heterocycles. The van der Waals surface area contributed by atoms with E-state index in [1.165, 1.54) is 0 Å². The van der Waals surface area contributed by atoms with Crippen LogP contribution in [0.3, 0.4) is 0 Å². The Morgan fingerprint density at radius 3 is 2.41 bits per heavy atom. The SMILES string of the molecule is CCC(C)(C)OC(=O)NC(C)(Cc1c[nH]c2ccccc12)C(=O)NCCc1ccc(OC)cc1. The van der Waals surface area contributed by atoms with Gasteiger partial charge in [-0.25, -0.2) is 4.79 Å². The number of amides is 2. The van der Waals surface area contributed by atoms with Gasteiger partial charge in [0.1, 0.15) is 16.9 Å². The molecule has 182 valence electrons. The Morgan fingerprint density at radius 1 is 1.03 bits per heavy atom. The summed E-state index contributed by atoms with van der Waals surface area (Å²) in [4.78, 5) is 29.4. The fourth-order valence-corrected chi connectivity index (χ4v) is 3.72. The molecule has 0 spiro atoms. The van der Waals surface area contributed by atoms with Gasteiger partial charge in [-0.15, -0.1) is 0 Å². The third-order valence-electron chi connectivity index (χ3n) is 6.18. The molecule has 2 aromatic carbocycles. The number of hydrogen-bond donors (Lipinski definition) is 3. The predicted octanol–water partition coefficient (Wildman–Crippen LogP) is 4.75. The molecule has 1 unspecified atom stereocenters. The van der Waals surface area contributed by atoms with Crippen LogP contribution in [0.2, 0.25) is 0 Å². The van der Waals surface area contributed by atoms with Crippen molar-refractivity contribution in [1.29, 1.82) is 0 Å². The van der Waals surface area contributed by atoms with Gasteiger partial charge in [0.2, 0.25) is 5.91 Å². The number of H-pyrrole nitrogens is 1. The molecule has 0 bridgehead atoms. The molecule has 3 rings (SSSR count). The number of rotatable bonds is 10. The van der Waals surface area contributed by atoms with Crippen LogP contribution < -0.4 is 15.4 Å². The van der Waals surface area contributed by atoms with Crippen LogP contribution in [-0.2, 0) is 22.4 Å². The van der Waals surface area contributed by atoms with Crippen LogP contribution in [-0.4, -0.2) is 41.8 Å². The lowest BCUT2D eigenvalue weighted by Gasteiger charge is -2.32. The molecule has 1 heterocycles. The van der Waals surface area contributed by atoms with Crippen molar-refractivity contribution in [3.8, 4) is 5.75 Å². The number of methoxy groups -OCH3 is 1. The first-order valence-electron chi connectivity index (χ1n) is 11.6. The van der Waals surface area contributed by atoms with E-state index < -0.39 is 17.2 Å². The Bertz CT molecular complexity index is 1120. The summed E-state index contributed by atoms with van der Waals surface area (Å²) < 4.78 is 10.8. The largest absolute Gasteiger partial charge is 0.497 e. The minimum absolute atomic E-state index is 0.266. The molecule has 0 saturated heterocycles. The lowest BCUT2D eigenvalue weighted by atomic mass is 9.91. The number of ether oxygens (including phenoxy) is 2. The first kappa shape index (κ1) is 25.1. The van der Waals surface area contributed by atoms with Crippen LogP contribution in [0.4, 0.5) is 4.79 Å². The van der Waals surface area contributed by atoms with E-state index in [0.717, 1.165) is 27.8 Å². The maximum atomic E-state index is 13.4. The van der Waals surface area contributed by atoms with Crippen molar-refractivity contribution in [2.24, 2.45) is 0 Å². The predicted molar refractivity (Wildman–Crippen MR) is 134 cm³/mol. The fraction of sp³-hybridized carbons (Fsp3) is 0.407. The Balaban J connectivity index is 1.75. The highest BCUT2D eigenvalue weighted by Gasteiger charge is 2.37. The first-order valence-corrected chi connectivity index (χ1v) is 11.6. The molecule has 3 N–H and O–H groups in total. The van der Waals surface area contributed by atoms with Gasteiger partial charge in [-0.2, -0.15) is 0 Å². The molecule has 0 saturated carbocycles. The number of aromatic amines is 1. The van der Waals surface area contributed by atoms with Crippen molar-refractivity contribution in [2.45, 2.75) is 58.1 Å². The Labute approximate surface area is 201 Å². The number of aromatic nitrogens is 1. The van der Waals surface area contributed by atoms with E-state index in [1.54, 1.807) is 14.0 Å². The summed E-state index contributed by atoms with van der Waals surface area (Å²) in [5.41, 5.74) is 1.17. The summed E-state index contributed by atoms with van der Waals surface area (Å²) in [7, 11) is 1.63. The Kier molecular flexibility index (Phi) is 7.87. The van der Waals surface area contributed by atoms with Gasteiger partial charge in [0.25, 0.3) is 0 Å². The number of para-hydroxylation sites is 1. The Morgan fingerprint density at radius 2 is 1.74 bits per heavy atom. The second kappa shape index (κ2) is 10.6. The number of benzene rings is 2. The number of carbonyl (C=O) groups excluding carboxylic acids is 2. The molecule has 0 aliphatic rings. The van der Waals surface area contributed by atoms with E-state index in [2.05, 4.69) is 15.6 Å². The van der Waals surface area contributed by atoms with Crippen LogP contribution >= 0.6 is 0 Å². The van der Waals surface area contributed by atoms with Crippen molar-refractivity contribution in [2.75, 3.05) is 13.7 Å². The molecule has 0 fully saturated rings. The first-order chi connectivity index (χ1) is 16.2. The van der Waals surface area contributed by atoms with Crippen LogP contribution in [0.5, 0.6) is 5.75 Å². The van der Waals surface area contributed by atoms with E-state index in [0.29, 0.717) is 25.8 Å². The highest BCUT2D eigenvalue weighted by molar-refractivity contribution is 5.91. The van der Waals surface area contributed by atoms with Gasteiger partial charge in [-0.05, 0) is 62.9 Å². The van der Waals surface area contributed by atoms with E-state index in [1.807, 2.05) is 75.5 Å². The minimum atomic E-state index is -1.20. The van der Waals surface area contributed by atoms with E-state index in [9.17, 15) is 9.59 Å². The summed E-state index contributed by atoms with van der Waals surface area (Å²) in [6.07, 6.45) is 2.91. The molecular formula is C27H35N3O4. The fourth-order valence-electron chi connectivity index (χ4n) is 3.72. The third-order valence-corrected chi connectivity index (χ3v) is 6.18. The highest BCUT2D eigenvalue weighted by Crippen LogP contribution is 2.24.